The molecule has 0 aromatic carbocycles. The number of rotatable bonds is 2. The number of hydrogen-bond acceptors (Lipinski definition) is 2. The molecule has 1 rings (SSSR count). The number of nitrogens with zero attached hydrogens (tertiary/aromatic N) is 1. The minimum Gasteiger partial charge on any atom is -0.232 e. The zero-order valence-corrected chi connectivity index (χ0v) is 8.71. The molecule has 0 N–H and O–H groups in total. The van der Waals surface area contributed by atoms with Gasteiger partial charge in [-0.3, -0.25) is 0 Å². The molecule has 0 aliphatic heterocycles. The average Bonchev–Trinajstić information content (AvgIpc) is 2.47. The number of thiazole rings is 1. The van der Waals surface area contributed by atoms with Gasteiger partial charge in [0.05, 0.1) is 0 Å². The number of hydrogen-bond donors (Lipinski definition) is 0. The van der Waals surface area contributed by atoms with Gasteiger partial charge in [0.1, 0.15) is 5.01 Å². The van der Waals surface area contributed by atoms with Gasteiger partial charge in [-0.15, -0.1) is 11.3 Å². The Morgan fingerprint density at radius 2 is 2.23 bits per heavy atom. The zero-order valence-electron chi connectivity index (χ0n) is 6.31. The van der Waals surface area contributed by atoms with E-state index in [-0.39, 0.29) is 0 Å². The van der Waals surface area contributed by atoms with E-state index in [1.54, 1.807) is 12.2 Å². The Bertz CT molecular complexity index is 305. The van der Waals surface area contributed by atoms with Crippen molar-refractivity contribution in [2.24, 2.45) is 0 Å². The molecule has 0 saturated carbocycles. The molecule has 0 unspecified atom stereocenters. The normalized spacial score (nSPS) is 12.6. The van der Waals surface area contributed by atoms with E-state index in [4.69, 9.17) is 0 Å². The Morgan fingerprint density at radius 3 is 2.69 bits per heavy atom. The van der Waals surface area contributed by atoms with Gasteiger partial charge in [0, 0.05) is 10.7 Å². The fourth-order valence-electron chi connectivity index (χ4n) is 0.640. The molecule has 1 nitrogen and oxygen atoms in total. The van der Waals surface area contributed by atoms with Crippen LogP contribution in [0, 0.1) is 0 Å². The Kier molecular flexibility index (Phi) is 3.49. The van der Waals surface area contributed by atoms with Gasteiger partial charge in [0.2, 0.25) is 0 Å². The molecule has 0 bridgehead atoms. The molecule has 6 heteroatoms. The maximum atomic E-state index is 12.0. The van der Waals surface area contributed by atoms with Crippen molar-refractivity contribution in [3.8, 4) is 0 Å². The maximum absolute atomic E-state index is 12.0. The zero-order chi connectivity index (χ0) is 9.90. The fraction of sp³-hybridized carbons (Fsp3) is 0.286. The van der Waals surface area contributed by atoms with Crippen molar-refractivity contribution >= 4 is 33.3 Å². The van der Waals surface area contributed by atoms with Crippen LogP contribution in [0.4, 0.5) is 13.2 Å². The van der Waals surface area contributed by atoms with Crippen LogP contribution in [0.3, 0.4) is 0 Å². The van der Waals surface area contributed by atoms with Gasteiger partial charge in [-0.1, -0.05) is 22.0 Å². The Labute approximate surface area is 85.4 Å². The highest BCUT2D eigenvalue weighted by Gasteiger charge is 2.33. The lowest BCUT2D eigenvalue weighted by atomic mass is 10.5. The molecule has 1 aromatic heterocycles. The summed E-state index contributed by atoms with van der Waals surface area (Å²) in [6, 6.07) is 0. The molecule has 0 spiro atoms. The van der Waals surface area contributed by atoms with Crippen molar-refractivity contribution in [1.82, 2.24) is 4.98 Å². The van der Waals surface area contributed by atoms with Crippen molar-refractivity contribution in [3.05, 3.63) is 22.2 Å². The third kappa shape index (κ3) is 3.11. The molecule has 0 aliphatic carbocycles. The van der Waals surface area contributed by atoms with Gasteiger partial charge in [-0.05, 0) is 6.08 Å². The SMILES string of the molecule is FC(F)(F)c1csc(C=CCBr)n1. The summed E-state index contributed by atoms with van der Waals surface area (Å²) in [6.07, 6.45) is -1.09. The first kappa shape index (κ1) is 10.7. The minimum absolute atomic E-state index is 0.367. The summed E-state index contributed by atoms with van der Waals surface area (Å²) in [5.41, 5.74) is -0.827. The van der Waals surface area contributed by atoms with Gasteiger partial charge < -0.3 is 0 Å². The molecule has 0 amide bonds. The summed E-state index contributed by atoms with van der Waals surface area (Å²) in [5, 5.41) is 1.98. The second kappa shape index (κ2) is 4.23. The number of alkyl halides is 4. The second-order valence-electron chi connectivity index (χ2n) is 2.13. The smallest absolute Gasteiger partial charge is 0.232 e. The van der Waals surface area contributed by atoms with Crippen molar-refractivity contribution in [3.63, 3.8) is 0 Å². The quantitative estimate of drug-likeness (QED) is 0.750. The number of allylic oxidation sites excluding steroid dienone is 1. The standard InChI is InChI=1S/C7H5BrF3NS/c8-3-1-2-6-12-5(4-13-6)7(9,10)11/h1-2,4H,3H2. The molecular formula is C7H5BrF3NS. The lowest BCUT2D eigenvalue weighted by Gasteiger charge is -1.98. The Hall–Kier alpha value is -0.360. The van der Waals surface area contributed by atoms with Gasteiger partial charge in [-0.25, -0.2) is 4.98 Å². The number of aromatic nitrogens is 1. The van der Waals surface area contributed by atoms with Crippen LogP contribution < -0.4 is 0 Å². The minimum atomic E-state index is -4.34. The summed E-state index contributed by atoms with van der Waals surface area (Å²) in [6.45, 7) is 0. The van der Waals surface area contributed by atoms with Crippen LogP contribution in [0.5, 0.6) is 0 Å². The van der Waals surface area contributed by atoms with Crippen LogP contribution in [0.2, 0.25) is 0 Å². The molecule has 1 aromatic rings. The molecule has 0 fully saturated rings. The molecule has 0 aliphatic rings. The van der Waals surface area contributed by atoms with Gasteiger partial charge in [-0.2, -0.15) is 13.2 Å². The largest absolute Gasteiger partial charge is 0.434 e. The third-order valence-electron chi connectivity index (χ3n) is 1.16. The Balaban J connectivity index is 2.81. The topological polar surface area (TPSA) is 12.9 Å². The van der Waals surface area contributed by atoms with Crippen LogP contribution in [0.25, 0.3) is 6.08 Å². The first-order valence-corrected chi connectivity index (χ1v) is 5.29. The summed E-state index contributed by atoms with van der Waals surface area (Å²) in [5.74, 6) is 0. The summed E-state index contributed by atoms with van der Waals surface area (Å²) in [4.78, 5) is 3.40. The van der Waals surface area contributed by atoms with Crippen molar-refractivity contribution < 1.29 is 13.2 Å². The summed E-state index contributed by atoms with van der Waals surface area (Å²) < 4.78 is 36.1. The van der Waals surface area contributed by atoms with E-state index in [9.17, 15) is 13.2 Å². The van der Waals surface area contributed by atoms with Crippen LogP contribution in [-0.2, 0) is 6.18 Å². The van der Waals surface area contributed by atoms with Crippen molar-refractivity contribution in [2.75, 3.05) is 5.33 Å². The van der Waals surface area contributed by atoms with E-state index in [1.165, 1.54) is 0 Å². The van der Waals surface area contributed by atoms with Gasteiger partial charge in [0.15, 0.2) is 5.69 Å². The molecule has 0 atom stereocenters. The first-order chi connectivity index (χ1) is 6.04. The van der Waals surface area contributed by atoms with Gasteiger partial charge in [0.25, 0.3) is 0 Å². The number of halogens is 4. The fourth-order valence-corrected chi connectivity index (χ4v) is 1.57. The summed E-state index contributed by atoms with van der Waals surface area (Å²) in [7, 11) is 0. The molecule has 72 valence electrons. The highest BCUT2D eigenvalue weighted by molar-refractivity contribution is 9.09. The monoisotopic (exact) mass is 271 g/mol. The van der Waals surface area contributed by atoms with Crippen LogP contribution in [-0.4, -0.2) is 10.3 Å². The molecule has 0 radical (unpaired) electrons. The second-order valence-corrected chi connectivity index (χ2v) is 3.66. The average molecular weight is 272 g/mol. The molecule has 13 heavy (non-hydrogen) atoms. The molecule has 0 saturated heterocycles. The highest BCUT2D eigenvalue weighted by atomic mass is 79.9. The van der Waals surface area contributed by atoms with E-state index >= 15 is 0 Å². The van der Waals surface area contributed by atoms with Crippen LogP contribution in [0.1, 0.15) is 10.7 Å². The van der Waals surface area contributed by atoms with Crippen molar-refractivity contribution in [1.29, 1.82) is 0 Å². The third-order valence-corrected chi connectivity index (χ3v) is 2.35. The molecular weight excluding hydrogens is 267 g/mol. The lowest BCUT2D eigenvalue weighted by molar-refractivity contribution is -0.140. The lowest BCUT2D eigenvalue weighted by Crippen LogP contribution is -2.04. The Morgan fingerprint density at radius 1 is 1.54 bits per heavy atom. The maximum Gasteiger partial charge on any atom is 0.434 e. The van der Waals surface area contributed by atoms with Crippen molar-refractivity contribution in [2.45, 2.75) is 6.18 Å². The van der Waals surface area contributed by atoms with E-state index in [1.807, 2.05) is 0 Å². The molecule has 1 heterocycles. The van der Waals surface area contributed by atoms with E-state index in [0.29, 0.717) is 10.3 Å². The van der Waals surface area contributed by atoms with Crippen LogP contribution in [0.15, 0.2) is 11.5 Å². The van der Waals surface area contributed by atoms with Gasteiger partial charge >= 0.3 is 6.18 Å². The van der Waals surface area contributed by atoms with E-state index in [0.717, 1.165) is 16.7 Å². The predicted octanol–water partition coefficient (Wildman–Crippen LogP) is 3.57. The predicted molar refractivity (Wildman–Crippen MR) is 49.9 cm³/mol. The highest BCUT2D eigenvalue weighted by Crippen LogP contribution is 2.30. The first-order valence-electron chi connectivity index (χ1n) is 3.29. The van der Waals surface area contributed by atoms with E-state index in [2.05, 4.69) is 20.9 Å². The van der Waals surface area contributed by atoms with Crippen LogP contribution >= 0.6 is 27.3 Å². The summed E-state index contributed by atoms with van der Waals surface area (Å²) >= 11 is 4.10. The van der Waals surface area contributed by atoms with E-state index < -0.39 is 11.9 Å².